The van der Waals surface area contributed by atoms with Gasteiger partial charge in [-0.05, 0) is 66.4 Å². The Hall–Kier alpha value is -3.31. The molecule has 0 radical (unpaired) electrons. The Morgan fingerprint density at radius 2 is 1.41 bits per heavy atom. The van der Waals surface area contributed by atoms with Gasteiger partial charge in [0.2, 0.25) is 0 Å². The molecule has 166 valence electrons. The van der Waals surface area contributed by atoms with Crippen molar-refractivity contribution >= 4 is 34.8 Å². The Kier molecular flexibility index (Phi) is 7.21. The summed E-state index contributed by atoms with van der Waals surface area (Å²) in [6, 6.07) is 21.5. The van der Waals surface area contributed by atoms with E-state index in [-0.39, 0.29) is 17.2 Å². The Labute approximate surface area is 193 Å². The smallest absolute Gasteiger partial charge is 0.265 e. The molecule has 5 nitrogen and oxygen atoms in total. The van der Waals surface area contributed by atoms with Crippen LogP contribution in [0.25, 0.3) is 0 Å². The van der Waals surface area contributed by atoms with Crippen LogP contribution in [-0.4, -0.2) is 17.9 Å². The van der Waals surface area contributed by atoms with Gasteiger partial charge in [0.05, 0.1) is 5.02 Å². The first-order valence-electron chi connectivity index (χ1n) is 10.4. The summed E-state index contributed by atoms with van der Waals surface area (Å²) in [5, 5.41) is 6.11. The van der Waals surface area contributed by atoms with Crippen molar-refractivity contribution in [2.24, 2.45) is 0 Å². The van der Waals surface area contributed by atoms with Crippen LogP contribution in [0.1, 0.15) is 43.6 Å². The topological polar surface area (TPSA) is 67.4 Å². The van der Waals surface area contributed by atoms with Crippen molar-refractivity contribution < 1.29 is 14.3 Å². The number of hydrogen-bond acceptors (Lipinski definition) is 3. The van der Waals surface area contributed by atoms with Gasteiger partial charge in [0.25, 0.3) is 11.8 Å². The third-order valence-corrected chi connectivity index (χ3v) is 5.25. The standard InChI is InChI=1S/C26H27ClN2O3/c1-17(32-23-8-6-5-7-22(23)27)24(30)28-20-13-15-21(16-14-20)29-25(31)18-9-11-19(12-10-18)26(2,3)4/h5-17H,1-4H3,(H,28,30)(H,29,31)/t17-/m1/s1. The largest absolute Gasteiger partial charge is 0.479 e. The van der Waals surface area contributed by atoms with E-state index >= 15 is 0 Å². The minimum absolute atomic E-state index is 0.0329. The monoisotopic (exact) mass is 450 g/mol. The second kappa shape index (κ2) is 9.88. The number of carbonyl (C=O) groups excluding carboxylic acids is 2. The molecule has 0 spiro atoms. The third-order valence-electron chi connectivity index (χ3n) is 4.93. The fourth-order valence-corrected chi connectivity index (χ4v) is 3.17. The molecule has 2 amide bonds. The van der Waals surface area contributed by atoms with Gasteiger partial charge < -0.3 is 15.4 Å². The summed E-state index contributed by atoms with van der Waals surface area (Å²) in [6.45, 7) is 8.04. The molecule has 0 aliphatic rings. The van der Waals surface area contributed by atoms with Crippen LogP contribution in [0, 0.1) is 0 Å². The fourth-order valence-electron chi connectivity index (χ4n) is 2.99. The molecule has 0 heterocycles. The summed E-state index contributed by atoms with van der Waals surface area (Å²) in [4.78, 5) is 24.9. The molecule has 0 saturated carbocycles. The fraction of sp³-hybridized carbons (Fsp3) is 0.231. The van der Waals surface area contributed by atoms with Gasteiger partial charge in [0.15, 0.2) is 6.10 Å². The summed E-state index contributed by atoms with van der Waals surface area (Å²) in [7, 11) is 0. The molecule has 3 aromatic carbocycles. The number of amides is 2. The summed E-state index contributed by atoms with van der Waals surface area (Å²) >= 11 is 6.07. The molecule has 3 aromatic rings. The van der Waals surface area contributed by atoms with Gasteiger partial charge >= 0.3 is 0 Å². The molecule has 0 aromatic heterocycles. The molecular weight excluding hydrogens is 424 g/mol. The molecule has 0 aliphatic heterocycles. The van der Waals surface area contributed by atoms with E-state index in [1.165, 1.54) is 5.56 Å². The Bertz CT molecular complexity index is 1090. The van der Waals surface area contributed by atoms with E-state index < -0.39 is 6.10 Å². The highest BCUT2D eigenvalue weighted by atomic mass is 35.5. The maximum Gasteiger partial charge on any atom is 0.265 e. The van der Waals surface area contributed by atoms with Crippen LogP contribution >= 0.6 is 11.6 Å². The average molecular weight is 451 g/mol. The number of benzene rings is 3. The van der Waals surface area contributed by atoms with E-state index in [9.17, 15) is 9.59 Å². The molecule has 6 heteroatoms. The van der Waals surface area contributed by atoms with E-state index in [2.05, 4.69) is 31.4 Å². The summed E-state index contributed by atoms with van der Waals surface area (Å²) in [6.07, 6.45) is -0.731. The van der Waals surface area contributed by atoms with Gasteiger partial charge in [-0.25, -0.2) is 0 Å². The van der Waals surface area contributed by atoms with E-state index in [1.807, 2.05) is 24.3 Å². The number of ether oxygens (including phenoxy) is 1. The minimum atomic E-state index is -0.731. The quantitative estimate of drug-likeness (QED) is 0.463. The first-order chi connectivity index (χ1) is 15.1. The predicted molar refractivity (Wildman–Crippen MR) is 130 cm³/mol. The number of hydrogen-bond donors (Lipinski definition) is 2. The molecule has 3 rings (SSSR count). The Morgan fingerprint density at radius 3 is 1.97 bits per heavy atom. The van der Waals surface area contributed by atoms with Gasteiger partial charge in [-0.1, -0.05) is 56.6 Å². The van der Waals surface area contributed by atoms with Crippen LogP contribution in [0.5, 0.6) is 5.75 Å². The van der Waals surface area contributed by atoms with Crippen molar-refractivity contribution in [1.29, 1.82) is 0 Å². The third kappa shape index (κ3) is 6.11. The number of halogens is 1. The lowest BCUT2D eigenvalue weighted by Gasteiger charge is -2.19. The van der Waals surface area contributed by atoms with Crippen LogP contribution in [0.2, 0.25) is 5.02 Å². The first-order valence-corrected chi connectivity index (χ1v) is 10.8. The first kappa shape index (κ1) is 23.4. The number of carbonyl (C=O) groups is 2. The summed E-state index contributed by atoms with van der Waals surface area (Å²) < 4.78 is 5.63. The van der Waals surface area contributed by atoms with Gasteiger partial charge in [-0.15, -0.1) is 0 Å². The average Bonchev–Trinajstić information content (AvgIpc) is 2.76. The van der Waals surface area contributed by atoms with E-state index in [4.69, 9.17) is 16.3 Å². The second-order valence-electron chi connectivity index (χ2n) is 8.54. The van der Waals surface area contributed by atoms with Gasteiger partial charge in [0, 0.05) is 16.9 Å². The zero-order valence-electron chi connectivity index (χ0n) is 18.6. The Balaban J connectivity index is 1.57. The maximum atomic E-state index is 12.5. The van der Waals surface area contributed by atoms with Gasteiger partial charge in [-0.2, -0.15) is 0 Å². The molecule has 0 bridgehead atoms. The molecule has 0 saturated heterocycles. The number of nitrogens with one attached hydrogen (secondary N) is 2. The van der Waals surface area contributed by atoms with Crippen LogP contribution in [0.3, 0.4) is 0 Å². The zero-order valence-corrected chi connectivity index (χ0v) is 19.4. The van der Waals surface area contributed by atoms with Crippen molar-refractivity contribution in [3.8, 4) is 5.75 Å². The molecular formula is C26H27ClN2O3. The summed E-state index contributed by atoms with van der Waals surface area (Å²) in [5.41, 5.74) is 3.01. The molecule has 2 N–H and O–H groups in total. The summed E-state index contributed by atoms with van der Waals surface area (Å²) in [5.74, 6) is -0.0462. The van der Waals surface area contributed by atoms with E-state index in [0.29, 0.717) is 27.7 Å². The molecule has 0 unspecified atom stereocenters. The highest BCUT2D eigenvalue weighted by Gasteiger charge is 2.17. The molecule has 1 atom stereocenters. The number of anilines is 2. The lowest BCUT2D eigenvalue weighted by atomic mass is 9.87. The van der Waals surface area contributed by atoms with Gasteiger partial charge in [-0.3, -0.25) is 9.59 Å². The highest BCUT2D eigenvalue weighted by Crippen LogP contribution is 2.25. The SMILES string of the molecule is C[C@@H](Oc1ccccc1Cl)C(=O)Nc1ccc(NC(=O)c2ccc(C(C)(C)C)cc2)cc1. The second-order valence-corrected chi connectivity index (χ2v) is 8.95. The van der Waals surface area contributed by atoms with Crippen molar-refractivity contribution in [3.63, 3.8) is 0 Å². The maximum absolute atomic E-state index is 12.5. The molecule has 0 aliphatic carbocycles. The van der Waals surface area contributed by atoms with Crippen LogP contribution in [0.15, 0.2) is 72.8 Å². The predicted octanol–water partition coefficient (Wildman–Crippen LogP) is 6.30. The zero-order chi connectivity index (χ0) is 23.3. The van der Waals surface area contributed by atoms with Crippen molar-refractivity contribution in [1.82, 2.24) is 0 Å². The number of rotatable bonds is 6. The van der Waals surface area contributed by atoms with Crippen LogP contribution in [0.4, 0.5) is 11.4 Å². The van der Waals surface area contributed by atoms with E-state index in [1.54, 1.807) is 55.5 Å². The molecule has 0 fully saturated rings. The van der Waals surface area contributed by atoms with Crippen molar-refractivity contribution in [2.75, 3.05) is 10.6 Å². The minimum Gasteiger partial charge on any atom is -0.479 e. The Morgan fingerprint density at radius 1 is 0.844 bits per heavy atom. The number of para-hydroxylation sites is 1. The van der Waals surface area contributed by atoms with Crippen LogP contribution < -0.4 is 15.4 Å². The normalized spacial score (nSPS) is 12.0. The van der Waals surface area contributed by atoms with Gasteiger partial charge in [0.1, 0.15) is 5.75 Å². The lowest BCUT2D eigenvalue weighted by Crippen LogP contribution is -2.30. The van der Waals surface area contributed by atoms with Crippen LogP contribution in [-0.2, 0) is 10.2 Å². The molecule has 32 heavy (non-hydrogen) atoms. The van der Waals surface area contributed by atoms with E-state index in [0.717, 1.165) is 0 Å². The van der Waals surface area contributed by atoms with Crippen molar-refractivity contribution in [3.05, 3.63) is 88.9 Å². The lowest BCUT2D eigenvalue weighted by molar-refractivity contribution is -0.122. The van der Waals surface area contributed by atoms with Crippen molar-refractivity contribution in [2.45, 2.75) is 39.2 Å². The highest BCUT2D eigenvalue weighted by molar-refractivity contribution is 6.32.